The van der Waals surface area contributed by atoms with Crippen molar-refractivity contribution in [1.82, 2.24) is 25.1 Å². The van der Waals surface area contributed by atoms with Gasteiger partial charge >= 0.3 is 0 Å². The number of thioether (sulfide) groups is 1. The highest BCUT2D eigenvalue weighted by molar-refractivity contribution is 7.99. The maximum atomic E-state index is 10.4. The van der Waals surface area contributed by atoms with Gasteiger partial charge in [0.1, 0.15) is 17.4 Å². The Bertz CT molecular complexity index is 1240. The third kappa shape index (κ3) is 4.07. The van der Waals surface area contributed by atoms with Crippen molar-refractivity contribution in [3.8, 4) is 17.5 Å². The summed E-state index contributed by atoms with van der Waals surface area (Å²) in [4.78, 5) is 11.7. The van der Waals surface area contributed by atoms with Gasteiger partial charge < -0.3 is 10.1 Å². The van der Waals surface area contributed by atoms with Gasteiger partial charge in [0.25, 0.3) is 0 Å². The summed E-state index contributed by atoms with van der Waals surface area (Å²) in [6.45, 7) is 0. The van der Waals surface area contributed by atoms with Crippen molar-refractivity contribution in [3.63, 3.8) is 0 Å². The molecule has 0 amide bonds. The number of hydrogen-bond donors (Lipinski definition) is 3. The van der Waals surface area contributed by atoms with E-state index in [0.29, 0.717) is 37.9 Å². The SMILES string of the molecule is N#C/C(=C(/O)CSc1n[nH]c(-c2cc(Cl)ccc2Cl)n1)c1nc2ccccc2[nH]1. The number of nitrogens with zero attached hydrogens (tertiary/aromatic N) is 4. The first kappa shape index (κ1) is 19.3. The fourth-order valence-electron chi connectivity index (χ4n) is 2.64. The van der Waals surface area contributed by atoms with Gasteiger partial charge in [-0.1, -0.05) is 47.1 Å². The molecule has 0 unspecified atom stereocenters. The molecule has 4 rings (SSSR count). The lowest BCUT2D eigenvalue weighted by Crippen LogP contribution is -1.95. The molecule has 3 N–H and O–H groups in total. The molecule has 0 bridgehead atoms. The molecule has 2 aromatic carbocycles. The molecule has 0 aliphatic rings. The van der Waals surface area contributed by atoms with Crippen LogP contribution >= 0.6 is 35.0 Å². The predicted octanol–water partition coefficient (Wildman–Crippen LogP) is 5.24. The zero-order valence-electron chi connectivity index (χ0n) is 14.6. The lowest BCUT2D eigenvalue weighted by Gasteiger charge is -2.01. The Morgan fingerprint density at radius 2 is 2.00 bits per heavy atom. The van der Waals surface area contributed by atoms with Gasteiger partial charge in [-0.25, -0.2) is 9.97 Å². The number of para-hydroxylation sites is 2. The summed E-state index contributed by atoms with van der Waals surface area (Å²) in [5.74, 6) is 0.749. The topological polar surface area (TPSA) is 114 Å². The molecule has 0 fully saturated rings. The number of hydrogen-bond acceptors (Lipinski definition) is 6. The number of aromatic nitrogens is 5. The number of fused-ring (bicyclic) bond motifs is 1. The van der Waals surface area contributed by atoms with E-state index in [1.807, 2.05) is 30.3 Å². The van der Waals surface area contributed by atoms with Crippen LogP contribution in [0.5, 0.6) is 0 Å². The first-order valence-corrected chi connectivity index (χ1v) is 10.1. The number of allylic oxidation sites excluding steroid dienone is 1. The second-order valence-corrected chi connectivity index (χ2v) is 7.70. The van der Waals surface area contributed by atoms with E-state index >= 15 is 0 Å². The van der Waals surface area contributed by atoms with E-state index in [9.17, 15) is 10.4 Å². The predicted molar refractivity (Wildman–Crippen MR) is 114 cm³/mol. The molecule has 0 radical (unpaired) electrons. The highest BCUT2D eigenvalue weighted by Gasteiger charge is 2.15. The van der Waals surface area contributed by atoms with E-state index < -0.39 is 0 Å². The normalized spacial score (nSPS) is 12.0. The van der Waals surface area contributed by atoms with Gasteiger partial charge in [0.2, 0.25) is 5.16 Å². The highest BCUT2D eigenvalue weighted by atomic mass is 35.5. The number of aromatic amines is 2. The number of nitrogens with one attached hydrogen (secondary N) is 2. The van der Waals surface area contributed by atoms with E-state index in [4.69, 9.17) is 23.2 Å². The number of aliphatic hydroxyl groups is 1. The van der Waals surface area contributed by atoms with Gasteiger partial charge in [0.15, 0.2) is 11.6 Å². The van der Waals surface area contributed by atoms with Crippen LogP contribution in [0.1, 0.15) is 5.82 Å². The molecule has 7 nitrogen and oxygen atoms in total. The summed E-state index contributed by atoms with van der Waals surface area (Å²) in [5, 5.41) is 28.2. The summed E-state index contributed by atoms with van der Waals surface area (Å²) in [7, 11) is 0. The average molecular weight is 443 g/mol. The van der Waals surface area contributed by atoms with Crippen LogP contribution in [-0.4, -0.2) is 36.0 Å². The van der Waals surface area contributed by atoms with Crippen molar-refractivity contribution in [3.05, 3.63) is 64.1 Å². The monoisotopic (exact) mass is 442 g/mol. The van der Waals surface area contributed by atoms with Crippen LogP contribution in [0.4, 0.5) is 0 Å². The summed E-state index contributed by atoms with van der Waals surface area (Å²) in [5.41, 5.74) is 2.20. The highest BCUT2D eigenvalue weighted by Crippen LogP contribution is 2.30. The fraction of sp³-hybridized carbons (Fsp3) is 0.0526. The number of aliphatic hydroxyl groups excluding tert-OH is 1. The minimum absolute atomic E-state index is 0.0716. The smallest absolute Gasteiger partial charge is 0.209 e. The first-order chi connectivity index (χ1) is 14.0. The van der Waals surface area contributed by atoms with Gasteiger partial charge in [-0.05, 0) is 30.3 Å². The summed E-state index contributed by atoms with van der Waals surface area (Å²) < 4.78 is 0. The molecule has 0 saturated carbocycles. The van der Waals surface area contributed by atoms with Crippen molar-refractivity contribution in [2.45, 2.75) is 5.16 Å². The minimum atomic E-state index is -0.122. The second-order valence-electron chi connectivity index (χ2n) is 5.92. The average Bonchev–Trinajstić information content (AvgIpc) is 3.35. The van der Waals surface area contributed by atoms with Crippen LogP contribution in [0.2, 0.25) is 10.0 Å². The van der Waals surface area contributed by atoms with Gasteiger partial charge in [0.05, 0.1) is 21.8 Å². The Kier molecular flexibility index (Phi) is 5.45. The molecule has 10 heteroatoms. The van der Waals surface area contributed by atoms with E-state index in [2.05, 4.69) is 25.1 Å². The Morgan fingerprint density at radius 1 is 1.17 bits per heavy atom. The van der Waals surface area contributed by atoms with E-state index in [-0.39, 0.29) is 17.1 Å². The molecular weight excluding hydrogens is 431 g/mol. The molecule has 0 aliphatic carbocycles. The number of benzene rings is 2. The molecule has 144 valence electrons. The zero-order valence-corrected chi connectivity index (χ0v) is 17.0. The fourth-order valence-corrected chi connectivity index (χ4v) is 3.70. The molecule has 29 heavy (non-hydrogen) atoms. The van der Waals surface area contributed by atoms with Crippen molar-refractivity contribution >= 4 is 51.6 Å². The van der Waals surface area contributed by atoms with Crippen LogP contribution in [0, 0.1) is 11.3 Å². The summed E-state index contributed by atoms with van der Waals surface area (Å²) >= 11 is 13.4. The van der Waals surface area contributed by atoms with Gasteiger partial charge in [-0.3, -0.25) is 5.10 Å². The molecule has 4 aromatic rings. The van der Waals surface area contributed by atoms with Crippen molar-refractivity contribution in [1.29, 1.82) is 5.26 Å². The zero-order chi connectivity index (χ0) is 20.4. The number of H-pyrrole nitrogens is 2. The van der Waals surface area contributed by atoms with Gasteiger partial charge in [-0.15, -0.1) is 5.10 Å². The molecule has 2 aromatic heterocycles. The third-order valence-electron chi connectivity index (χ3n) is 4.01. The number of rotatable bonds is 5. The Morgan fingerprint density at radius 3 is 2.79 bits per heavy atom. The van der Waals surface area contributed by atoms with Crippen LogP contribution in [0.15, 0.2) is 53.4 Å². The standard InChI is InChI=1S/C19H12Cl2N6OS/c20-10-5-6-13(21)11(7-10)18-25-19(27-26-18)29-9-16(28)12(8-22)17-23-14-3-1-2-4-15(14)24-17/h1-7,28H,9H2,(H,23,24)(H,25,26,27)/b16-12-. The first-order valence-electron chi connectivity index (χ1n) is 8.33. The maximum Gasteiger partial charge on any atom is 0.209 e. The van der Waals surface area contributed by atoms with Crippen molar-refractivity contribution in [2.75, 3.05) is 5.75 Å². The van der Waals surface area contributed by atoms with Crippen LogP contribution in [0.3, 0.4) is 0 Å². The third-order valence-corrected chi connectivity index (χ3v) is 5.44. The number of imidazole rings is 1. The van der Waals surface area contributed by atoms with Gasteiger partial charge in [0, 0.05) is 10.6 Å². The van der Waals surface area contributed by atoms with Crippen LogP contribution in [0.25, 0.3) is 28.0 Å². The lowest BCUT2D eigenvalue weighted by atomic mass is 10.2. The Balaban J connectivity index is 1.54. The largest absolute Gasteiger partial charge is 0.510 e. The molecule has 0 spiro atoms. The number of nitriles is 1. The van der Waals surface area contributed by atoms with Crippen LogP contribution in [-0.2, 0) is 0 Å². The van der Waals surface area contributed by atoms with Crippen LogP contribution < -0.4 is 0 Å². The van der Waals surface area contributed by atoms with E-state index in [1.54, 1.807) is 18.2 Å². The Hall–Kier alpha value is -2.99. The maximum absolute atomic E-state index is 10.4. The summed E-state index contributed by atoms with van der Waals surface area (Å²) in [6.07, 6.45) is 0. The minimum Gasteiger partial charge on any atom is -0.510 e. The molecular formula is C19H12Cl2N6OS. The molecule has 0 atom stereocenters. The molecule has 2 heterocycles. The van der Waals surface area contributed by atoms with Gasteiger partial charge in [-0.2, -0.15) is 5.26 Å². The van der Waals surface area contributed by atoms with E-state index in [1.165, 1.54) is 11.8 Å². The van der Waals surface area contributed by atoms with E-state index in [0.717, 1.165) is 5.52 Å². The summed E-state index contributed by atoms with van der Waals surface area (Å²) in [6, 6.07) is 14.4. The lowest BCUT2D eigenvalue weighted by molar-refractivity contribution is 0.420. The van der Waals surface area contributed by atoms with Crippen molar-refractivity contribution in [2.24, 2.45) is 0 Å². The van der Waals surface area contributed by atoms with Crippen molar-refractivity contribution < 1.29 is 5.11 Å². The quantitative estimate of drug-likeness (QED) is 0.221. The Labute approximate surface area is 179 Å². The molecule has 0 aliphatic heterocycles. The second kappa shape index (κ2) is 8.17. The number of halogens is 2. The molecule has 0 saturated heterocycles.